The first-order valence-corrected chi connectivity index (χ1v) is 7.19. The third kappa shape index (κ3) is 3.76. The molecule has 0 bridgehead atoms. The van der Waals surface area contributed by atoms with Gasteiger partial charge in [0.2, 0.25) is 0 Å². The number of non-ortho nitro benzene ring substituents is 1. The lowest BCUT2D eigenvalue weighted by Gasteiger charge is -2.12. The van der Waals surface area contributed by atoms with Gasteiger partial charge in [-0.05, 0) is 42.2 Å². The Labute approximate surface area is 135 Å². The number of alkyl halides is 3. The highest BCUT2D eigenvalue weighted by atomic mass is 19.4. The van der Waals surface area contributed by atoms with Gasteiger partial charge in [-0.1, -0.05) is 12.1 Å². The zero-order chi connectivity index (χ0) is 17.3. The first kappa shape index (κ1) is 16.1. The second-order valence-electron chi connectivity index (χ2n) is 5.54. The molecule has 1 heterocycles. The molecular formula is C16H13F3N2O3. The Balaban J connectivity index is 1.64. The molecule has 126 valence electrons. The predicted octanol–water partition coefficient (Wildman–Crippen LogP) is 4.07. The summed E-state index contributed by atoms with van der Waals surface area (Å²) in [5.74, 6) is -0.260. The molecule has 5 nitrogen and oxygen atoms in total. The first-order chi connectivity index (χ1) is 11.3. The van der Waals surface area contributed by atoms with Crippen LogP contribution in [0.25, 0.3) is 0 Å². The molecule has 0 fully saturated rings. The molecule has 0 aliphatic carbocycles. The zero-order valence-electron chi connectivity index (χ0n) is 12.3. The lowest BCUT2D eigenvalue weighted by atomic mass is 10.0. The number of fused-ring (bicyclic) bond motifs is 1. The lowest BCUT2D eigenvalue weighted by Crippen LogP contribution is -2.19. The Morgan fingerprint density at radius 2 is 1.92 bits per heavy atom. The van der Waals surface area contributed by atoms with Gasteiger partial charge >= 0.3 is 6.36 Å². The van der Waals surface area contributed by atoms with E-state index in [1.54, 1.807) is 24.3 Å². The van der Waals surface area contributed by atoms with Crippen LogP contribution in [0.5, 0.6) is 5.75 Å². The van der Waals surface area contributed by atoms with Crippen molar-refractivity contribution in [3.05, 3.63) is 63.7 Å². The summed E-state index contributed by atoms with van der Waals surface area (Å²) >= 11 is 0. The predicted molar refractivity (Wildman–Crippen MR) is 81.0 cm³/mol. The summed E-state index contributed by atoms with van der Waals surface area (Å²) < 4.78 is 40.2. The van der Waals surface area contributed by atoms with Crippen molar-refractivity contribution in [2.24, 2.45) is 0 Å². The van der Waals surface area contributed by atoms with E-state index in [9.17, 15) is 23.3 Å². The maximum Gasteiger partial charge on any atom is 0.573 e. The van der Waals surface area contributed by atoms with E-state index in [0.717, 1.165) is 16.8 Å². The molecule has 2 aromatic rings. The molecule has 0 radical (unpaired) electrons. The molecule has 0 saturated heterocycles. The van der Waals surface area contributed by atoms with Gasteiger partial charge in [0, 0.05) is 23.9 Å². The Bertz CT molecular complexity index is 760. The quantitative estimate of drug-likeness (QED) is 0.674. The summed E-state index contributed by atoms with van der Waals surface area (Å²) in [6.45, 7) is 0. The van der Waals surface area contributed by atoms with Gasteiger partial charge in [-0.15, -0.1) is 13.2 Å². The van der Waals surface area contributed by atoms with E-state index in [1.165, 1.54) is 18.2 Å². The smallest absolute Gasteiger partial charge is 0.406 e. The van der Waals surface area contributed by atoms with E-state index in [2.05, 4.69) is 10.1 Å². The summed E-state index contributed by atoms with van der Waals surface area (Å²) in [6.07, 6.45) is -3.49. The van der Waals surface area contributed by atoms with Crippen molar-refractivity contribution in [1.82, 2.24) is 0 Å². The number of nitro groups is 1. The van der Waals surface area contributed by atoms with Gasteiger partial charge < -0.3 is 10.1 Å². The van der Waals surface area contributed by atoms with Crippen LogP contribution in [-0.2, 0) is 12.8 Å². The average Bonchev–Trinajstić information content (AvgIpc) is 2.89. The summed E-state index contributed by atoms with van der Waals surface area (Å²) in [7, 11) is 0. The van der Waals surface area contributed by atoms with Crippen molar-refractivity contribution in [2.45, 2.75) is 25.2 Å². The van der Waals surface area contributed by atoms with Crippen LogP contribution in [0, 0.1) is 10.1 Å². The topological polar surface area (TPSA) is 64.4 Å². The van der Waals surface area contributed by atoms with E-state index in [-0.39, 0.29) is 17.5 Å². The maximum absolute atomic E-state index is 12.1. The van der Waals surface area contributed by atoms with Crippen molar-refractivity contribution in [1.29, 1.82) is 0 Å². The molecule has 24 heavy (non-hydrogen) atoms. The van der Waals surface area contributed by atoms with Gasteiger partial charge in [0.15, 0.2) is 0 Å². The van der Waals surface area contributed by atoms with E-state index < -0.39 is 11.3 Å². The number of nitrogens with one attached hydrogen (secondary N) is 1. The van der Waals surface area contributed by atoms with Crippen LogP contribution >= 0.6 is 0 Å². The van der Waals surface area contributed by atoms with E-state index in [0.29, 0.717) is 12.8 Å². The molecule has 2 aromatic carbocycles. The third-order valence-electron chi connectivity index (χ3n) is 3.76. The maximum atomic E-state index is 12.1. The molecule has 1 N–H and O–H groups in total. The summed E-state index contributed by atoms with van der Waals surface area (Å²) in [5, 5.41) is 14.1. The highest BCUT2D eigenvalue weighted by Gasteiger charge is 2.31. The van der Waals surface area contributed by atoms with E-state index in [4.69, 9.17) is 0 Å². The molecule has 1 atom stereocenters. The second-order valence-corrected chi connectivity index (χ2v) is 5.54. The Hall–Kier alpha value is -2.77. The second kappa shape index (κ2) is 6.03. The van der Waals surface area contributed by atoms with Crippen molar-refractivity contribution < 1.29 is 22.8 Å². The van der Waals surface area contributed by atoms with Crippen molar-refractivity contribution >= 4 is 11.4 Å². The highest BCUT2D eigenvalue weighted by molar-refractivity contribution is 5.60. The standard InChI is InChI=1S/C16H13F3N2O3/c17-16(18,19)24-14-4-1-10(2-5-14)7-12-8-11-9-13(21(22)23)3-6-15(11)20-12/h1-6,9,12,20H,7-8H2. The minimum Gasteiger partial charge on any atom is -0.406 e. The summed E-state index contributed by atoms with van der Waals surface area (Å²) in [4.78, 5) is 10.4. The van der Waals surface area contributed by atoms with Crippen LogP contribution < -0.4 is 10.1 Å². The summed E-state index contributed by atoms with van der Waals surface area (Å²) in [6, 6.07) is 10.4. The number of nitrogens with zero attached hydrogens (tertiary/aromatic N) is 1. The van der Waals surface area contributed by atoms with Crippen molar-refractivity contribution in [3.63, 3.8) is 0 Å². The molecule has 0 saturated carbocycles. The summed E-state index contributed by atoms with van der Waals surface area (Å²) in [5.41, 5.74) is 2.61. The number of halogens is 3. The fraction of sp³-hybridized carbons (Fsp3) is 0.250. The van der Waals surface area contributed by atoms with Gasteiger partial charge in [-0.25, -0.2) is 0 Å². The van der Waals surface area contributed by atoms with Crippen molar-refractivity contribution in [2.75, 3.05) is 5.32 Å². The monoisotopic (exact) mass is 338 g/mol. The molecule has 1 aliphatic rings. The first-order valence-electron chi connectivity index (χ1n) is 7.19. The largest absolute Gasteiger partial charge is 0.573 e. The van der Waals surface area contributed by atoms with Crippen LogP contribution in [-0.4, -0.2) is 17.3 Å². The zero-order valence-corrected chi connectivity index (χ0v) is 12.3. The fourth-order valence-corrected chi connectivity index (χ4v) is 2.77. The fourth-order valence-electron chi connectivity index (χ4n) is 2.77. The van der Waals surface area contributed by atoms with E-state index >= 15 is 0 Å². The minimum atomic E-state index is -4.70. The number of ether oxygens (including phenoxy) is 1. The van der Waals surface area contributed by atoms with Crippen LogP contribution in [0.15, 0.2) is 42.5 Å². The van der Waals surface area contributed by atoms with Gasteiger partial charge in [-0.2, -0.15) is 0 Å². The molecule has 0 spiro atoms. The van der Waals surface area contributed by atoms with E-state index in [1.807, 2.05) is 0 Å². The Kier molecular flexibility index (Phi) is 4.04. The number of benzene rings is 2. The van der Waals surface area contributed by atoms with Crippen LogP contribution in [0.1, 0.15) is 11.1 Å². The molecule has 1 aliphatic heterocycles. The average molecular weight is 338 g/mol. The van der Waals surface area contributed by atoms with Gasteiger partial charge in [0.1, 0.15) is 5.75 Å². The molecule has 8 heteroatoms. The molecular weight excluding hydrogens is 325 g/mol. The number of hydrogen-bond donors (Lipinski definition) is 1. The molecule has 0 amide bonds. The van der Waals surface area contributed by atoms with Gasteiger partial charge in [-0.3, -0.25) is 10.1 Å². The Morgan fingerprint density at radius 1 is 1.21 bits per heavy atom. The normalized spacial score (nSPS) is 16.4. The number of hydrogen-bond acceptors (Lipinski definition) is 4. The van der Waals surface area contributed by atoms with Crippen LogP contribution in [0.2, 0.25) is 0 Å². The number of rotatable bonds is 4. The van der Waals surface area contributed by atoms with Crippen molar-refractivity contribution in [3.8, 4) is 5.75 Å². The molecule has 3 rings (SSSR count). The van der Waals surface area contributed by atoms with Crippen LogP contribution in [0.4, 0.5) is 24.5 Å². The number of nitro benzene ring substituents is 1. The Morgan fingerprint density at radius 3 is 2.54 bits per heavy atom. The van der Waals surface area contributed by atoms with Gasteiger partial charge in [0.25, 0.3) is 5.69 Å². The molecule has 0 aromatic heterocycles. The minimum absolute atomic E-state index is 0.0383. The third-order valence-corrected chi connectivity index (χ3v) is 3.76. The van der Waals surface area contributed by atoms with Gasteiger partial charge in [0.05, 0.1) is 4.92 Å². The SMILES string of the molecule is O=[N+]([O-])c1ccc2c(c1)CC(Cc1ccc(OC(F)(F)F)cc1)N2. The lowest BCUT2D eigenvalue weighted by molar-refractivity contribution is -0.384. The highest BCUT2D eigenvalue weighted by Crippen LogP contribution is 2.31. The molecule has 1 unspecified atom stereocenters. The number of anilines is 1. The van der Waals surface area contributed by atoms with Crippen LogP contribution in [0.3, 0.4) is 0 Å².